The van der Waals surface area contributed by atoms with Gasteiger partial charge in [-0.3, -0.25) is 9.59 Å². The van der Waals surface area contributed by atoms with E-state index in [9.17, 15) is 14.4 Å². The van der Waals surface area contributed by atoms with Gasteiger partial charge in [-0.2, -0.15) is 0 Å². The highest BCUT2D eigenvalue weighted by Crippen LogP contribution is 2.31. The molecule has 0 spiro atoms. The number of anilines is 1. The summed E-state index contributed by atoms with van der Waals surface area (Å²) in [5.41, 5.74) is 2.02. The van der Waals surface area contributed by atoms with Crippen molar-refractivity contribution in [3.05, 3.63) is 76.8 Å². The van der Waals surface area contributed by atoms with E-state index in [1.165, 1.54) is 4.90 Å². The number of nitrogens with one attached hydrogen (secondary N) is 2. The van der Waals surface area contributed by atoms with Crippen LogP contribution in [0.3, 0.4) is 0 Å². The monoisotopic (exact) mass is 527 g/mol. The normalized spacial score (nSPS) is 12.9. The van der Waals surface area contributed by atoms with Crippen molar-refractivity contribution in [2.45, 2.75) is 66.2 Å². The van der Waals surface area contributed by atoms with Crippen LogP contribution < -0.4 is 10.6 Å². The van der Waals surface area contributed by atoms with Crippen LogP contribution in [-0.4, -0.2) is 41.0 Å². The third-order valence-electron chi connectivity index (χ3n) is 5.73. The lowest BCUT2D eigenvalue weighted by molar-refractivity contribution is -0.141. The molecule has 0 heterocycles. The lowest BCUT2D eigenvalue weighted by Gasteiger charge is -2.35. The second kappa shape index (κ2) is 12.8. The van der Waals surface area contributed by atoms with Gasteiger partial charge in [0.2, 0.25) is 5.91 Å². The zero-order chi connectivity index (χ0) is 27.9. The molecule has 2 atom stereocenters. The maximum absolute atomic E-state index is 14.0. The number of benzene rings is 2. The fourth-order valence-electron chi connectivity index (χ4n) is 3.91. The van der Waals surface area contributed by atoms with Crippen molar-refractivity contribution in [2.24, 2.45) is 5.92 Å². The Balaban J connectivity index is 2.55. The number of hydrogen-bond acceptors (Lipinski definition) is 4. The van der Waals surface area contributed by atoms with E-state index in [0.29, 0.717) is 16.3 Å². The molecule has 0 aliphatic carbocycles. The van der Waals surface area contributed by atoms with E-state index >= 15 is 0 Å². The smallest absolute Gasteiger partial charge is 0.408 e. The second-order valence-electron chi connectivity index (χ2n) is 10.3. The highest BCUT2D eigenvalue weighted by Gasteiger charge is 2.37. The highest BCUT2D eigenvalue weighted by atomic mass is 35.5. The quantitative estimate of drug-likeness (QED) is 0.380. The van der Waals surface area contributed by atoms with Crippen LogP contribution in [0.2, 0.25) is 5.02 Å². The van der Waals surface area contributed by atoms with Crippen molar-refractivity contribution >= 4 is 35.2 Å². The van der Waals surface area contributed by atoms with Crippen molar-refractivity contribution in [3.8, 4) is 0 Å². The highest BCUT2D eigenvalue weighted by molar-refractivity contribution is 6.34. The number of aryl methyl sites for hydroxylation is 2. The molecule has 200 valence electrons. The van der Waals surface area contributed by atoms with Crippen LogP contribution in [0.25, 0.3) is 0 Å². The van der Waals surface area contributed by atoms with Crippen molar-refractivity contribution in [3.63, 3.8) is 0 Å². The molecule has 0 saturated heterocycles. The Kier molecular flexibility index (Phi) is 10.3. The zero-order valence-corrected chi connectivity index (χ0v) is 23.5. The Hall–Kier alpha value is -3.32. The Bertz CT molecular complexity index is 1120. The zero-order valence-electron chi connectivity index (χ0n) is 22.7. The van der Waals surface area contributed by atoms with Crippen LogP contribution in [0, 0.1) is 19.8 Å². The number of alkyl carbamates (subject to hydrolysis) is 1. The molecule has 0 aliphatic rings. The van der Waals surface area contributed by atoms with Gasteiger partial charge in [0, 0.05) is 6.54 Å². The minimum Gasteiger partial charge on any atom is -0.444 e. The van der Waals surface area contributed by atoms with Crippen LogP contribution >= 0.6 is 11.6 Å². The largest absolute Gasteiger partial charge is 0.444 e. The third kappa shape index (κ3) is 8.09. The predicted molar refractivity (Wildman–Crippen MR) is 149 cm³/mol. The van der Waals surface area contributed by atoms with E-state index in [0.717, 1.165) is 11.1 Å². The number of carbonyl (C=O) groups excluding carboxylic acids is 3. The standard InChI is InChI=1S/C29H38ClN3O4/c1-9-17-33(27(35)23(18(2)3)32-28(36)37-29(6,7)8)25(21-15-11-10-13-19(21)4)26(34)31-24-20(5)14-12-16-22(24)30/h9-16,18,23,25H,1,17H2,2-8H3,(H,31,34)(H,32,36). The van der Waals surface area contributed by atoms with Gasteiger partial charge in [0.05, 0.1) is 10.7 Å². The second-order valence-corrected chi connectivity index (χ2v) is 10.7. The van der Waals surface area contributed by atoms with Crippen LogP contribution in [0.15, 0.2) is 55.1 Å². The number of carbonyl (C=O) groups is 3. The molecule has 0 saturated carbocycles. The molecule has 37 heavy (non-hydrogen) atoms. The molecular weight excluding hydrogens is 490 g/mol. The van der Waals surface area contributed by atoms with E-state index in [1.807, 2.05) is 58.0 Å². The number of amides is 3. The number of rotatable bonds is 9. The maximum Gasteiger partial charge on any atom is 0.408 e. The molecule has 0 radical (unpaired) electrons. The number of halogens is 1. The van der Waals surface area contributed by atoms with Crippen LogP contribution in [-0.2, 0) is 14.3 Å². The first-order valence-corrected chi connectivity index (χ1v) is 12.7. The van der Waals surface area contributed by atoms with Gasteiger partial charge in [-0.15, -0.1) is 6.58 Å². The van der Waals surface area contributed by atoms with E-state index in [4.69, 9.17) is 16.3 Å². The molecule has 2 N–H and O–H groups in total. The molecule has 2 rings (SSSR count). The first-order chi connectivity index (χ1) is 17.3. The average Bonchev–Trinajstić information content (AvgIpc) is 2.79. The molecular formula is C29H38ClN3O4. The molecule has 0 bridgehead atoms. The van der Waals surface area contributed by atoms with E-state index < -0.39 is 35.6 Å². The Morgan fingerprint density at radius 1 is 1.05 bits per heavy atom. The molecule has 2 aromatic carbocycles. The molecule has 0 fully saturated rings. The molecule has 8 heteroatoms. The van der Waals surface area contributed by atoms with Gasteiger partial charge < -0.3 is 20.3 Å². The molecule has 0 aliphatic heterocycles. The number of hydrogen-bond donors (Lipinski definition) is 2. The van der Waals surface area contributed by atoms with Gasteiger partial charge in [-0.25, -0.2) is 4.79 Å². The number of nitrogens with zero attached hydrogens (tertiary/aromatic N) is 1. The van der Waals surface area contributed by atoms with Crippen LogP contribution in [0.1, 0.15) is 57.4 Å². The third-order valence-corrected chi connectivity index (χ3v) is 6.04. The van der Waals surface area contributed by atoms with Crippen LogP contribution in [0.4, 0.5) is 10.5 Å². The first-order valence-electron chi connectivity index (χ1n) is 12.3. The van der Waals surface area contributed by atoms with Crippen molar-refractivity contribution in [1.82, 2.24) is 10.2 Å². The summed E-state index contributed by atoms with van der Waals surface area (Å²) in [7, 11) is 0. The summed E-state index contributed by atoms with van der Waals surface area (Å²) in [6.07, 6.45) is 0.851. The molecule has 3 amide bonds. The van der Waals surface area contributed by atoms with Crippen molar-refractivity contribution in [1.29, 1.82) is 0 Å². The maximum atomic E-state index is 14.0. The van der Waals surface area contributed by atoms with E-state index in [-0.39, 0.29) is 12.5 Å². The summed E-state index contributed by atoms with van der Waals surface area (Å²) in [5.74, 6) is -1.14. The number of para-hydroxylation sites is 1. The summed E-state index contributed by atoms with van der Waals surface area (Å²) in [5, 5.41) is 6.02. The molecule has 0 aromatic heterocycles. The molecule has 2 aromatic rings. The summed E-state index contributed by atoms with van der Waals surface area (Å²) in [4.78, 5) is 41.9. The summed E-state index contributed by atoms with van der Waals surface area (Å²) < 4.78 is 5.39. The van der Waals surface area contributed by atoms with E-state index in [2.05, 4.69) is 17.2 Å². The molecule has 2 unspecified atom stereocenters. The average molecular weight is 528 g/mol. The lowest BCUT2D eigenvalue weighted by Crippen LogP contribution is -2.54. The predicted octanol–water partition coefficient (Wildman–Crippen LogP) is 6.20. The van der Waals surface area contributed by atoms with Gasteiger partial charge in [-0.1, -0.05) is 67.9 Å². The van der Waals surface area contributed by atoms with Crippen molar-refractivity contribution in [2.75, 3.05) is 11.9 Å². The summed E-state index contributed by atoms with van der Waals surface area (Å²) >= 11 is 6.39. The van der Waals surface area contributed by atoms with Crippen molar-refractivity contribution < 1.29 is 19.1 Å². The van der Waals surface area contributed by atoms with E-state index in [1.54, 1.807) is 39.0 Å². The van der Waals surface area contributed by atoms with Gasteiger partial charge >= 0.3 is 6.09 Å². The first kappa shape index (κ1) is 29.9. The minimum absolute atomic E-state index is 0.0754. The fourth-order valence-corrected chi connectivity index (χ4v) is 4.18. The Morgan fingerprint density at radius 2 is 1.68 bits per heavy atom. The summed E-state index contributed by atoms with van der Waals surface area (Å²) in [6.45, 7) is 16.5. The van der Waals surface area contributed by atoms with Gasteiger partial charge in [0.25, 0.3) is 5.91 Å². The number of ether oxygens (including phenoxy) is 1. The lowest BCUT2D eigenvalue weighted by atomic mass is 9.96. The fraction of sp³-hybridized carbons (Fsp3) is 0.414. The topological polar surface area (TPSA) is 87.7 Å². The van der Waals surface area contributed by atoms with Gasteiger partial charge in [-0.05, 0) is 63.3 Å². The minimum atomic E-state index is -1.01. The SMILES string of the molecule is C=CCN(C(=O)C(NC(=O)OC(C)(C)C)C(C)C)C(C(=O)Nc1c(C)cccc1Cl)c1ccccc1C. The Morgan fingerprint density at radius 3 is 2.22 bits per heavy atom. The van der Waals surface area contributed by atoms with Gasteiger partial charge in [0.1, 0.15) is 17.7 Å². The Labute approximate surface area is 225 Å². The summed E-state index contributed by atoms with van der Waals surface area (Å²) in [6, 6.07) is 10.8. The molecule has 7 nitrogen and oxygen atoms in total. The van der Waals surface area contributed by atoms with Gasteiger partial charge in [0.15, 0.2) is 0 Å². The van der Waals surface area contributed by atoms with Crippen LogP contribution in [0.5, 0.6) is 0 Å².